The van der Waals surface area contributed by atoms with Crippen LogP contribution in [0.3, 0.4) is 0 Å². The summed E-state index contributed by atoms with van der Waals surface area (Å²) in [4.78, 5) is 32.7. The van der Waals surface area contributed by atoms with Crippen LogP contribution in [-0.4, -0.2) is 49.0 Å². The van der Waals surface area contributed by atoms with Gasteiger partial charge in [-0.3, -0.25) is 24.6 Å². The van der Waals surface area contributed by atoms with Gasteiger partial charge < -0.3 is 4.90 Å². The van der Waals surface area contributed by atoms with Crippen molar-refractivity contribution >= 4 is 17.8 Å². The monoisotopic (exact) mass is 524 g/mol. The van der Waals surface area contributed by atoms with Crippen molar-refractivity contribution in [2.75, 3.05) is 11.9 Å². The van der Waals surface area contributed by atoms with Gasteiger partial charge >= 0.3 is 0 Å². The van der Waals surface area contributed by atoms with Crippen LogP contribution in [0.2, 0.25) is 0 Å². The van der Waals surface area contributed by atoms with E-state index in [1.807, 2.05) is 59.3 Å². The Morgan fingerprint density at radius 2 is 1.90 bits per heavy atom. The Labute approximate surface area is 229 Å². The van der Waals surface area contributed by atoms with Crippen LogP contribution in [0, 0.1) is 0 Å². The molecular formula is C31H36N6O2. The summed E-state index contributed by atoms with van der Waals surface area (Å²) in [5.41, 5.74) is 4.23. The molecule has 2 aromatic carbocycles. The fraction of sp³-hybridized carbons (Fsp3) is 0.355. The molecule has 0 bridgehead atoms. The molecule has 0 saturated carbocycles. The van der Waals surface area contributed by atoms with Crippen LogP contribution in [-0.2, 0) is 11.2 Å². The number of hydrogen-bond acceptors (Lipinski definition) is 4. The van der Waals surface area contributed by atoms with E-state index in [2.05, 4.69) is 27.3 Å². The van der Waals surface area contributed by atoms with Crippen molar-refractivity contribution in [1.29, 1.82) is 0 Å². The highest BCUT2D eigenvalue weighted by molar-refractivity contribution is 6.04. The van der Waals surface area contributed by atoms with Gasteiger partial charge in [0.05, 0.1) is 11.9 Å². The van der Waals surface area contributed by atoms with E-state index in [1.54, 1.807) is 18.5 Å². The van der Waals surface area contributed by atoms with E-state index in [1.165, 1.54) is 6.42 Å². The van der Waals surface area contributed by atoms with Crippen molar-refractivity contribution in [3.05, 3.63) is 84.4 Å². The number of amides is 2. The number of piperidine rings is 1. The molecule has 39 heavy (non-hydrogen) atoms. The molecule has 0 spiro atoms. The van der Waals surface area contributed by atoms with Crippen molar-refractivity contribution in [1.82, 2.24) is 24.6 Å². The standard InChI is InChI=1S/C31H36N6O2/c1-23-11-8-9-18-36(23)29(38)17-7-2-4-14-27-22-37(28-15-5-3-6-16-28)31(34-27)35-30(39)25-13-10-12-24(19-25)26-20-32-33-21-26/h3,5-6,10,12-13,15-16,19-23H,2,4,7-9,11,14,17-18H2,1H3,(H,32,33)(H,34,35,39). The molecule has 4 aromatic rings. The van der Waals surface area contributed by atoms with E-state index in [4.69, 9.17) is 4.98 Å². The van der Waals surface area contributed by atoms with Gasteiger partial charge in [-0.15, -0.1) is 0 Å². The average molecular weight is 525 g/mol. The molecule has 0 aliphatic carbocycles. The molecule has 5 rings (SSSR count). The van der Waals surface area contributed by atoms with Crippen LogP contribution in [0.1, 0.15) is 67.9 Å². The van der Waals surface area contributed by atoms with Crippen molar-refractivity contribution in [3.63, 3.8) is 0 Å². The Morgan fingerprint density at radius 1 is 1.03 bits per heavy atom. The molecule has 2 amide bonds. The minimum absolute atomic E-state index is 0.222. The molecule has 1 aliphatic heterocycles. The number of hydrogen-bond donors (Lipinski definition) is 2. The van der Waals surface area contributed by atoms with E-state index in [0.29, 0.717) is 24.0 Å². The van der Waals surface area contributed by atoms with Crippen LogP contribution >= 0.6 is 0 Å². The lowest BCUT2D eigenvalue weighted by atomic mass is 10.0. The first-order valence-electron chi connectivity index (χ1n) is 13.9. The smallest absolute Gasteiger partial charge is 0.258 e. The number of aromatic amines is 1. The van der Waals surface area contributed by atoms with Crippen LogP contribution in [0.25, 0.3) is 16.8 Å². The number of carbonyl (C=O) groups is 2. The number of nitrogens with zero attached hydrogens (tertiary/aromatic N) is 4. The zero-order chi connectivity index (χ0) is 27.0. The molecule has 3 heterocycles. The zero-order valence-corrected chi connectivity index (χ0v) is 22.5. The summed E-state index contributed by atoms with van der Waals surface area (Å²) in [5.74, 6) is 0.557. The number of anilines is 1. The molecule has 1 saturated heterocycles. The third kappa shape index (κ3) is 6.63. The number of aromatic nitrogens is 4. The summed E-state index contributed by atoms with van der Waals surface area (Å²) in [7, 11) is 0. The van der Waals surface area contributed by atoms with Gasteiger partial charge in [0.15, 0.2) is 0 Å². The van der Waals surface area contributed by atoms with Crippen LogP contribution in [0.15, 0.2) is 73.2 Å². The Balaban J connectivity index is 1.22. The summed E-state index contributed by atoms with van der Waals surface area (Å²) in [5, 5.41) is 9.82. The van der Waals surface area contributed by atoms with Gasteiger partial charge in [0.25, 0.3) is 5.91 Å². The zero-order valence-electron chi connectivity index (χ0n) is 22.5. The first kappa shape index (κ1) is 26.4. The lowest BCUT2D eigenvalue weighted by molar-refractivity contribution is -0.134. The number of nitrogens with one attached hydrogen (secondary N) is 2. The summed E-state index contributed by atoms with van der Waals surface area (Å²) < 4.78 is 1.93. The molecule has 1 fully saturated rings. The van der Waals surface area contributed by atoms with Gasteiger partial charge in [0.1, 0.15) is 0 Å². The molecule has 8 nitrogen and oxygen atoms in total. The van der Waals surface area contributed by atoms with Crippen LogP contribution in [0.5, 0.6) is 0 Å². The lowest BCUT2D eigenvalue weighted by Crippen LogP contribution is -2.41. The maximum Gasteiger partial charge on any atom is 0.258 e. The van der Waals surface area contributed by atoms with E-state index in [9.17, 15) is 9.59 Å². The SMILES string of the molecule is CC1CCCCN1C(=O)CCCCCc1cn(-c2ccccc2)c(NC(=O)c2cccc(-c3cn[nH]c3)c2)n1. The Bertz CT molecular complexity index is 1380. The van der Waals surface area contributed by atoms with Crippen molar-refractivity contribution in [2.45, 2.75) is 64.3 Å². The minimum atomic E-state index is -0.222. The van der Waals surface area contributed by atoms with E-state index in [-0.39, 0.29) is 11.8 Å². The fourth-order valence-electron chi connectivity index (χ4n) is 5.22. The molecule has 1 aliphatic rings. The molecular weight excluding hydrogens is 488 g/mol. The number of H-pyrrole nitrogens is 1. The number of imidazole rings is 1. The number of aryl methyl sites for hydroxylation is 1. The highest BCUT2D eigenvalue weighted by atomic mass is 16.2. The van der Waals surface area contributed by atoms with Crippen molar-refractivity contribution in [2.24, 2.45) is 0 Å². The summed E-state index contributed by atoms with van der Waals surface area (Å²) in [6.45, 7) is 3.06. The highest BCUT2D eigenvalue weighted by Crippen LogP contribution is 2.22. The average Bonchev–Trinajstić information content (AvgIpc) is 3.64. The molecule has 1 atom stereocenters. The molecule has 202 valence electrons. The normalized spacial score (nSPS) is 15.3. The maximum absolute atomic E-state index is 13.2. The predicted molar refractivity (Wildman–Crippen MR) is 153 cm³/mol. The van der Waals surface area contributed by atoms with Gasteiger partial charge in [-0.25, -0.2) is 4.98 Å². The maximum atomic E-state index is 13.2. The minimum Gasteiger partial charge on any atom is -0.340 e. The topological polar surface area (TPSA) is 95.9 Å². The number of para-hydroxylation sites is 1. The van der Waals surface area contributed by atoms with Gasteiger partial charge in [0.2, 0.25) is 11.9 Å². The highest BCUT2D eigenvalue weighted by Gasteiger charge is 2.22. The molecule has 0 radical (unpaired) electrons. The van der Waals surface area contributed by atoms with Gasteiger partial charge in [0, 0.05) is 48.2 Å². The quantitative estimate of drug-likeness (QED) is 0.248. The van der Waals surface area contributed by atoms with Gasteiger partial charge in [-0.05, 0) is 75.3 Å². The number of benzene rings is 2. The van der Waals surface area contributed by atoms with E-state index in [0.717, 1.165) is 67.6 Å². The van der Waals surface area contributed by atoms with Crippen molar-refractivity contribution in [3.8, 4) is 16.8 Å². The second-order valence-electron chi connectivity index (χ2n) is 10.3. The first-order valence-corrected chi connectivity index (χ1v) is 13.9. The van der Waals surface area contributed by atoms with Gasteiger partial charge in [-0.2, -0.15) is 5.10 Å². The second kappa shape index (κ2) is 12.6. The third-order valence-electron chi connectivity index (χ3n) is 7.42. The Morgan fingerprint density at radius 3 is 2.69 bits per heavy atom. The number of rotatable bonds is 10. The fourth-order valence-corrected chi connectivity index (χ4v) is 5.22. The lowest BCUT2D eigenvalue weighted by Gasteiger charge is -2.33. The second-order valence-corrected chi connectivity index (χ2v) is 10.3. The van der Waals surface area contributed by atoms with Crippen molar-refractivity contribution < 1.29 is 9.59 Å². The third-order valence-corrected chi connectivity index (χ3v) is 7.42. The summed E-state index contributed by atoms with van der Waals surface area (Å²) in [6, 6.07) is 17.7. The molecule has 8 heteroatoms. The number of carbonyl (C=O) groups excluding carboxylic acids is 2. The number of likely N-dealkylation sites (tertiary alicyclic amines) is 1. The predicted octanol–water partition coefficient (Wildman–Crippen LogP) is 6.02. The summed E-state index contributed by atoms with van der Waals surface area (Å²) >= 11 is 0. The van der Waals surface area contributed by atoms with E-state index >= 15 is 0 Å². The van der Waals surface area contributed by atoms with E-state index < -0.39 is 0 Å². The first-order chi connectivity index (χ1) is 19.1. The van der Waals surface area contributed by atoms with Crippen LogP contribution in [0.4, 0.5) is 5.95 Å². The molecule has 2 N–H and O–H groups in total. The summed E-state index contributed by atoms with van der Waals surface area (Å²) in [6.07, 6.45) is 13.2. The number of unbranched alkanes of at least 4 members (excludes halogenated alkanes) is 2. The largest absolute Gasteiger partial charge is 0.340 e. The Kier molecular flexibility index (Phi) is 8.51. The molecule has 1 unspecified atom stereocenters. The van der Waals surface area contributed by atoms with Gasteiger partial charge in [-0.1, -0.05) is 36.8 Å². The van der Waals surface area contributed by atoms with Crippen LogP contribution < -0.4 is 5.32 Å². The molecule has 2 aromatic heterocycles. The Hall–Kier alpha value is -4.20.